The molecular formula is C16H22N2O2S. The van der Waals surface area contributed by atoms with Gasteiger partial charge in [0.15, 0.2) is 9.84 Å². The van der Waals surface area contributed by atoms with Crippen LogP contribution in [0, 0.1) is 17.2 Å². The van der Waals surface area contributed by atoms with Crippen molar-refractivity contribution in [2.45, 2.75) is 37.0 Å². The Morgan fingerprint density at radius 1 is 1.24 bits per heavy atom. The van der Waals surface area contributed by atoms with Gasteiger partial charge in [0.05, 0.1) is 22.3 Å². The van der Waals surface area contributed by atoms with E-state index in [1.165, 1.54) is 31.7 Å². The number of benzene rings is 1. The monoisotopic (exact) mass is 306 g/mol. The fourth-order valence-electron chi connectivity index (χ4n) is 2.81. The maximum absolute atomic E-state index is 12.2. The number of sulfone groups is 1. The first-order valence-corrected chi connectivity index (χ1v) is 9.21. The predicted molar refractivity (Wildman–Crippen MR) is 82.7 cm³/mol. The largest absolute Gasteiger partial charge is 0.316 e. The van der Waals surface area contributed by atoms with Crippen molar-refractivity contribution in [2.24, 2.45) is 5.92 Å². The summed E-state index contributed by atoms with van der Waals surface area (Å²) in [4.78, 5) is 0.235. The molecule has 1 aromatic carbocycles. The van der Waals surface area contributed by atoms with Crippen LogP contribution in [-0.4, -0.2) is 27.3 Å². The molecule has 5 heteroatoms. The van der Waals surface area contributed by atoms with Gasteiger partial charge in [-0.1, -0.05) is 31.7 Å². The summed E-state index contributed by atoms with van der Waals surface area (Å²) in [6, 6.07) is 8.18. The van der Waals surface area contributed by atoms with Gasteiger partial charge in [0, 0.05) is 6.54 Å². The number of nitrogens with one attached hydrogen (secondary N) is 1. The van der Waals surface area contributed by atoms with E-state index in [2.05, 4.69) is 5.32 Å². The molecule has 0 radical (unpaired) electrons. The predicted octanol–water partition coefficient (Wildman–Crippen LogP) is 2.50. The molecule has 1 aliphatic rings. The molecule has 0 aliphatic heterocycles. The molecule has 0 unspecified atom stereocenters. The number of rotatable bonds is 7. The van der Waals surface area contributed by atoms with E-state index >= 15 is 0 Å². The Labute approximate surface area is 127 Å². The van der Waals surface area contributed by atoms with Crippen molar-refractivity contribution < 1.29 is 8.42 Å². The molecule has 0 aromatic heterocycles. The molecule has 1 aromatic rings. The first kappa shape index (κ1) is 16.0. The Bertz CT molecular complexity index is 599. The van der Waals surface area contributed by atoms with Crippen molar-refractivity contribution in [3.8, 4) is 6.07 Å². The molecule has 4 nitrogen and oxygen atoms in total. The molecule has 0 spiro atoms. The van der Waals surface area contributed by atoms with Gasteiger partial charge in [-0.2, -0.15) is 5.26 Å². The first-order valence-electron chi connectivity index (χ1n) is 7.55. The van der Waals surface area contributed by atoms with Gasteiger partial charge in [0.1, 0.15) is 0 Å². The van der Waals surface area contributed by atoms with Gasteiger partial charge in [-0.25, -0.2) is 8.42 Å². The van der Waals surface area contributed by atoms with Crippen LogP contribution in [0.1, 0.15) is 37.7 Å². The zero-order chi connectivity index (χ0) is 15.1. The Morgan fingerprint density at radius 2 is 2.00 bits per heavy atom. The molecule has 1 fully saturated rings. The van der Waals surface area contributed by atoms with E-state index in [-0.39, 0.29) is 10.6 Å². The zero-order valence-electron chi connectivity index (χ0n) is 12.2. The summed E-state index contributed by atoms with van der Waals surface area (Å²) < 4.78 is 24.3. The highest BCUT2D eigenvalue weighted by Crippen LogP contribution is 2.26. The lowest BCUT2D eigenvalue weighted by Gasteiger charge is -2.10. The van der Waals surface area contributed by atoms with Gasteiger partial charge in [0.25, 0.3) is 0 Å². The minimum Gasteiger partial charge on any atom is -0.316 e. The Morgan fingerprint density at radius 3 is 2.71 bits per heavy atom. The highest BCUT2D eigenvalue weighted by Gasteiger charge is 2.16. The average molecular weight is 306 g/mol. The third kappa shape index (κ3) is 4.83. The second kappa shape index (κ2) is 7.58. The number of hydrogen-bond acceptors (Lipinski definition) is 4. The summed E-state index contributed by atoms with van der Waals surface area (Å²) >= 11 is 0. The number of hydrogen-bond donors (Lipinski definition) is 1. The lowest BCUT2D eigenvalue weighted by molar-refractivity contribution is 0.482. The smallest absolute Gasteiger partial charge is 0.179 e. The fourth-order valence-corrected chi connectivity index (χ4v) is 4.05. The standard InChI is InChI=1S/C16H22N2O2S/c17-13-15-6-3-7-16(12-15)21(19,20)11-10-18-9-8-14-4-1-2-5-14/h3,6-7,12,14,18H,1-2,4-5,8-11H2. The van der Waals surface area contributed by atoms with E-state index in [1.807, 2.05) is 6.07 Å². The van der Waals surface area contributed by atoms with E-state index in [0.717, 1.165) is 18.9 Å². The SMILES string of the molecule is N#Cc1cccc(S(=O)(=O)CCNCCC2CCCC2)c1. The average Bonchev–Trinajstić information content (AvgIpc) is 3.00. The lowest BCUT2D eigenvalue weighted by Crippen LogP contribution is -2.25. The molecule has 0 heterocycles. The van der Waals surface area contributed by atoms with Crippen molar-refractivity contribution >= 4 is 9.84 Å². The quantitative estimate of drug-likeness (QED) is 0.786. The van der Waals surface area contributed by atoms with Crippen LogP contribution in [0.4, 0.5) is 0 Å². The molecule has 0 amide bonds. The van der Waals surface area contributed by atoms with E-state index in [9.17, 15) is 8.42 Å². The molecule has 1 N–H and O–H groups in total. The second-order valence-corrected chi connectivity index (χ2v) is 7.76. The summed E-state index contributed by atoms with van der Waals surface area (Å²) in [7, 11) is -3.31. The summed E-state index contributed by atoms with van der Waals surface area (Å²) in [5, 5.41) is 12.0. The van der Waals surface area contributed by atoms with Crippen LogP contribution in [0.3, 0.4) is 0 Å². The third-order valence-electron chi connectivity index (χ3n) is 4.07. The summed E-state index contributed by atoms with van der Waals surface area (Å²) in [5.74, 6) is 0.897. The molecule has 1 saturated carbocycles. The second-order valence-electron chi connectivity index (χ2n) is 5.65. The maximum atomic E-state index is 12.2. The molecular weight excluding hydrogens is 284 g/mol. The van der Waals surface area contributed by atoms with Crippen molar-refractivity contribution in [3.05, 3.63) is 29.8 Å². The van der Waals surface area contributed by atoms with Crippen LogP contribution in [0.15, 0.2) is 29.2 Å². The Balaban J connectivity index is 1.77. The van der Waals surface area contributed by atoms with E-state index in [0.29, 0.717) is 12.1 Å². The van der Waals surface area contributed by atoms with Gasteiger partial charge in [-0.15, -0.1) is 0 Å². The highest BCUT2D eigenvalue weighted by molar-refractivity contribution is 7.91. The van der Waals surface area contributed by atoms with E-state index in [1.54, 1.807) is 18.2 Å². The van der Waals surface area contributed by atoms with Crippen LogP contribution in [0.25, 0.3) is 0 Å². The fraction of sp³-hybridized carbons (Fsp3) is 0.562. The summed E-state index contributed by atoms with van der Waals surface area (Å²) in [5.41, 5.74) is 0.380. The first-order chi connectivity index (χ1) is 10.1. The van der Waals surface area contributed by atoms with Gasteiger partial charge in [0.2, 0.25) is 0 Å². The van der Waals surface area contributed by atoms with Crippen molar-refractivity contribution in [1.29, 1.82) is 5.26 Å². The van der Waals surface area contributed by atoms with Crippen LogP contribution >= 0.6 is 0 Å². The number of nitriles is 1. The lowest BCUT2D eigenvalue weighted by atomic mass is 10.0. The topological polar surface area (TPSA) is 70.0 Å². The molecule has 0 atom stereocenters. The van der Waals surface area contributed by atoms with Crippen LogP contribution in [-0.2, 0) is 9.84 Å². The highest BCUT2D eigenvalue weighted by atomic mass is 32.2. The summed E-state index contributed by atoms with van der Waals surface area (Å²) in [6.07, 6.45) is 6.47. The molecule has 0 bridgehead atoms. The maximum Gasteiger partial charge on any atom is 0.179 e. The van der Waals surface area contributed by atoms with Gasteiger partial charge >= 0.3 is 0 Å². The van der Waals surface area contributed by atoms with Crippen molar-refractivity contribution in [3.63, 3.8) is 0 Å². The van der Waals surface area contributed by atoms with E-state index < -0.39 is 9.84 Å². The molecule has 114 valence electrons. The van der Waals surface area contributed by atoms with E-state index in [4.69, 9.17) is 5.26 Å². The van der Waals surface area contributed by atoms with Crippen LogP contribution in [0.5, 0.6) is 0 Å². The zero-order valence-corrected chi connectivity index (χ0v) is 13.0. The summed E-state index contributed by atoms with van der Waals surface area (Å²) in [6.45, 7) is 1.35. The van der Waals surface area contributed by atoms with Gasteiger partial charge in [-0.3, -0.25) is 0 Å². The molecule has 2 rings (SSSR count). The minimum absolute atomic E-state index is 0.0759. The van der Waals surface area contributed by atoms with Gasteiger partial charge in [-0.05, 0) is 37.1 Å². The minimum atomic E-state index is -3.31. The van der Waals surface area contributed by atoms with Crippen LogP contribution in [0.2, 0.25) is 0 Å². The molecule has 1 aliphatic carbocycles. The van der Waals surface area contributed by atoms with Gasteiger partial charge < -0.3 is 5.32 Å². The Hall–Kier alpha value is -1.38. The Kier molecular flexibility index (Phi) is 5.77. The number of nitrogens with zero attached hydrogens (tertiary/aromatic N) is 1. The molecule has 21 heavy (non-hydrogen) atoms. The third-order valence-corrected chi connectivity index (χ3v) is 5.79. The van der Waals surface area contributed by atoms with Crippen molar-refractivity contribution in [1.82, 2.24) is 5.32 Å². The normalized spacial score (nSPS) is 16.0. The molecule has 0 saturated heterocycles. The van der Waals surface area contributed by atoms with Crippen molar-refractivity contribution in [2.75, 3.05) is 18.8 Å². The van der Waals surface area contributed by atoms with Crippen LogP contribution < -0.4 is 5.32 Å².